The Morgan fingerprint density at radius 1 is 1.40 bits per heavy atom. The number of amides is 2. The smallest absolute Gasteiger partial charge is 0.254 e. The third kappa shape index (κ3) is 4.52. The van der Waals surface area contributed by atoms with E-state index < -0.39 is 0 Å². The standard InChI is InChI=1S/C14H19BrN2O3/c1-4-17(8-13(19)16-9(2)3)14(20)10-5-6-11(15)12(18)7-10/h5-7,9,18H,4,8H2,1-3H3,(H,16,19). The lowest BCUT2D eigenvalue weighted by molar-refractivity contribution is -0.122. The van der Waals surface area contributed by atoms with Gasteiger partial charge in [0.05, 0.1) is 11.0 Å². The van der Waals surface area contributed by atoms with Gasteiger partial charge in [0, 0.05) is 18.2 Å². The number of phenols is 1. The van der Waals surface area contributed by atoms with E-state index in [1.54, 1.807) is 19.1 Å². The highest BCUT2D eigenvalue weighted by atomic mass is 79.9. The van der Waals surface area contributed by atoms with Gasteiger partial charge in [-0.2, -0.15) is 0 Å². The Morgan fingerprint density at radius 3 is 2.55 bits per heavy atom. The highest BCUT2D eigenvalue weighted by Gasteiger charge is 2.18. The summed E-state index contributed by atoms with van der Waals surface area (Å²) in [6.45, 7) is 5.95. The molecule has 0 saturated carbocycles. The molecule has 6 heteroatoms. The van der Waals surface area contributed by atoms with Crippen LogP contribution < -0.4 is 5.32 Å². The van der Waals surface area contributed by atoms with E-state index in [0.29, 0.717) is 16.6 Å². The molecule has 1 aromatic rings. The number of halogens is 1. The van der Waals surface area contributed by atoms with Gasteiger partial charge >= 0.3 is 0 Å². The summed E-state index contributed by atoms with van der Waals surface area (Å²) in [6.07, 6.45) is 0. The Labute approximate surface area is 127 Å². The Balaban J connectivity index is 2.81. The van der Waals surface area contributed by atoms with Crippen molar-refractivity contribution in [3.63, 3.8) is 0 Å². The zero-order chi connectivity index (χ0) is 15.3. The van der Waals surface area contributed by atoms with Crippen LogP contribution in [-0.4, -0.2) is 41.0 Å². The molecule has 0 aliphatic rings. The lowest BCUT2D eigenvalue weighted by Gasteiger charge is -2.21. The van der Waals surface area contributed by atoms with Gasteiger partial charge in [-0.25, -0.2) is 0 Å². The number of carbonyl (C=O) groups excluding carboxylic acids is 2. The summed E-state index contributed by atoms with van der Waals surface area (Å²) in [6, 6.07) is 4.63. The Morgan fingerprint density at radius 2 is 2.05 bits per heavy atom. The van der Waals surface area contributed by atoms with Gasteiger partial charge in [-0.3, -0.25) is 9.59 Å². The number of rotatable bonds is 5. The van der Waals surface area contributed by atoms with Crippen LogP contribution in [0.5, 0.6) is 5.75 Å². The molecule has 0 bridgehead atoms. The summed E-state index contributed by atoms with van der Waals surface area (Å²) < 4.78 is 0.523. The van der Waals surface area contributed by atoms with Crippen molar-refractivity contribution in [1.29, 1.82) is 0 Å². The van der Waals surface area contributed by atoms with E-state index in [9.17, 15) is 14.7 Å². The molecule has 0 unspecified atom stereocenters. The Kier molecular flexibility index (Phi) is 6.01. The highest BCUT2D eigenvalue weighted by molar-refractivity contribution is 9.10. The highest BCUT2D eigenvalue weighted by Crippen LogP contribution is 2.24. The van der Waals surface area contributed by atoms with Crippen molar-refractivity contribution < 1.29 is 14.7 Å². The number of hydrogen-bond acceptors (Lipinski definition) is 3. The normalized spacial score (nSPS) is 10.4. The molecular weight excluding hydrogens is 324 g/mol. The monoisotopic (exact) mass is 342 g/mol. The molecule has 0 aliphatic heterocycles. The minimum absolute atomic E-state index is 0.00136. The zero-order valence-corrected chi connectivity index (χ0v) is 13.4. The molecule has 0 atom stereocenters. The molecule has 2 N–H and O–H groups in total. The fourth-order valence-corrected chi connectivity index (χ4v) is 1.94. The maximum atomic E-state index is 12.3. The van der Waals surface area contributed by atoms with Gasteiger partial charge in [0.2, 0.25) is 5.91 Å². The molecule has 20 heavy (non-hydrogen) atoms. The third-order valence-electron chi connectivity index (χ3n) is 2.65. The molecule has 5 nitrogen and oxygen atoms in total. The summed E-state index contributed by atoms with van der Waals surface area (Å²) in [5, 5.41) is 12.4. The largest absolute Gasteiger partial charge is 0.507 e. The maximum absolute atomic E-state index is 12.3. The molecule has 110 valence electrons. The number of likely N-dealkylation sites (N-methyl/N-ethyl adjacent to an activating group) is 1. The van der Waals surface area contributed by atoms with Gasteiger partial charge in [-0.15, -0.1) is 0 Å². The van der Waals surface area contributed by atoms with Gasteiger partial charge in [0.15, 0.2) is 0 Å². The SMILES string of the molecule is CCN(CC(=O)NC(C)C)C(=O)c1ccc(Br)c(O)c1. The lowest BCUT2D eigenvalue weighted by atomic mass is 10.2. The van der Waals surface area contributed by atoms with Gasteiger partial charge in [0.25, 0.3) is 5.91 Å². The van der Waals surface area contributed by atoms with Crippen LogP contribution in [-0.2, 0) is 4.79 Å². The van der Waals surface area contributed by atoms with Gasteiger partial charge < -0.3 is 15.3 Å². The Bertz CT molecular complexity index is 503. The van der Waals surface area contributed by atoms with Gasteiger partial charge in [-0.1, -0.05) is 0 Å². The number of benzene rings is 1. The first kappa shape index (κ1) is 16.5. The molecule has 0 fully saturated rings. The first-order valence-corrected chi connectivity index (χ1v) is 7.21. The summed E-state index contributed by atoms with van der Waals surface area (Å²) >= 11 is 3.16. The average molecular weight is 343 g/mol. The van der Waals surface area contributed by atoms with Gasteiger partial charge in [0.1, 0.15) is 5.75 Å². The third-order valence-corrected chi connectivity index (χ3v) is 3.32. The second-order valence-electron chi connectivity index (χ2n) is 4.71. The van der Waals surface area contributed by atoms with Crippen molar-refractivity contribution in [2.45, 2.75) is 26.8 Å². The summed E-state index contributed by atoms with van der Waals surface area (Å²) in [5.41, 5.74) is 0.352. The minimum atomic E-state index is -0.283. The first-order valence-electron chi connectivity index (χ1n) is 6.42. The van der Waals surface area contributed by atoms with E-state index in [-0.39, 0.29) is 30.2 Å². The minimum Gasteiger partial charge on any atom is -0.507 e. The maximum Gasteiger partial charge on any atom is 0.254 e. The lowest BCUT2D eigenvalue weighted by Crippen LogP contribution is -2.42. The molecule has 0 aromatic heterocycles. The number of phenolic OH excluding ortho intramolecular Hbond substituents is 1. The molecule has 0 radical (unpaired) electrons. The van der Waals surface area contributed by atoms with Crippen LogP contribution in [0.2, 0.25) is 0 Å². The molecule has 1 rings (SSSR count). The number of carbonyl (C=O) groups is 2. The molecule has 1 aromatic carbocycles. The second kappa shape index (κ2) is 7.28. The van der Waals surface area contributed by atoms with E-state index >= 15 is 0 Å². The van der Waals surface area contributed by atoms with Gasteiger partial charge in [-0.05, 0) is 54.9 Å². The number of aromatic hydroxyl groups is 1. The molecule has 0 aliphatic carbocycles. The number of nitrogens with one attached hydrogen (secondary N) is 1. The van der Waals surface area contributed by atoms with E-state index in [4.69, 9.17) is 0 Å². The van der Waals surface area contributed by atoms with E-state index in [2.05, 4.69) is 21.2 Å². The molecule has 2 amide bonds. The van der Waals surface area contributed by atoms with Crippen molar-refractivity contribution in [3.8, 4) is 5.75 Å². The summed E-state index contributed by atoms with van der Waals surface area (Å²) in [4.78, 5) is 25.4. The predicted octanol–water partition coefficient (Wildman–Crippen LogP) is 2.14. The topological polar surface area (TPSA) is 69.6 Å². The van der Waals surface area contributed by atoms with Crippen molar-refractivity contribution >= 4 is 27.7 Å². The van der Waals surface area contributed by atoms with Crippen LogP contribution in [0.25, 0.3) is 0 Å². The van der Waals surface area contributed by atoms with E-state index in [1.165, 1.54) is 11.0 Å². The van der Waals surface area contributed by atoms with Crippen molar-refractivity contribution in [2.24, 2.45) is 0 Å². The average Bonchev–Trinajstić information content (AvgIpc) is 2.37. The first-order chi connectivity index (χ1) is 9.35. The van der Waals surface area contributed by atoms with Crippen LogP contribution in [0.15, 0.2) is 22.7 Å². The van der Waals surface area contributed by atoms with Crippen LogP contribution in [0.3, 0.4) is 0 Å². The fraction of sp³-hybridized carbons (Fsp3) is 0.429. The van der Waals surface area contributed by atoms with Crippen molar-refractivity contribution in [1.82, 2.24) is 10.2 Å². The second-order valence-corrected chi connectivity index (χ2v) is 5.56. The van der Waals surface area contributed by atoms with Crippen LogP contribution in [0.4, 0.5) is 0 Å². The Hall–Kier alpha value is -1.56. The molecule has 0 saturated heterocycles. The number of hydrogen-bond donors (Lipinski definition) is 2. The van der Waals surface area contributed by atoms with Crippen LogP contribution in [0.1, 0.15) is 31.1 Å². The zero-order valence-electron chi connectivity index (χ0n) is 11.8. The van der Waals surface area contributed by atoms with E-state index in [1.807, 2.05) is 13.8 Å². The van der Waals surface area contributed by atoms with Crippen LogP contribution in [0, 0.1) is 0 Å². The summed E-state index contributed by atoms with van der Waals surface area (Å²) in [5.74, 6) is -0.482. The molecule has 0 heterocycles. The molecular formula is C14H19BrN2O3. The number of nitrogens with zero attached hydrogens (tertiary/aromatic N) is 1. The molecule has 0 spiro atoms. The van der Waals surface area contributed by atoms with Crippen molar-refractivity contribution in [3.05, 3.63) is 28.2 Å². The van der Waals surface area contributed by atoms with Crippen LogP contribution >= 0.6 is 15.9 Å². The van der Waals surface area contributed by atoms with E-state index in [0.717, 1.165) is 0 Å². The predicted molar refractivity (Wildman–Crippen MR) is 80.7 cm³/mol. The fourth-order valence-electron chi connectivity index (χ4n) is 1.70. The quantitative estimate of drug-likeness (QED) is 0.861. The van der Waals surface area contributed by atoms with Crippen molar-refractivity contribution in [2.75, 3.05) is 13.1 Å². The summed E-state index contributed by atoms with van der Waals surface area (Å²) in [7, 11) is 0.